The smallest absolute Gasteiger partial charge is 0.208 e. The molecule has 1 N–H and O–H groups in total. The van der Waals surface area contributed by atoms with Gasteiger partial charge < -0.3 is 4.74 Å². The maximum atomic E-state index is 7.06. The van der Waals surface area contributed by atoms with E-state index < -0.39 is 0 Å². The first-order chi connectivity index (χ1) is 3.70. The standard InChI is InChI=1S/C6H9NO/c1-4-3-5(2)8-6(4)7/h5,7H,1,3H2,2H3. The van der Waals surface area contributed by atoms with Gasteiger partial charge in [0.05, 0.1) is 0 Å². The Kier molecular flexibility index (Phi) is 1.08. The van der Waals surface area contributed by atoms with Crippen LogP contribution >= 0.6 is 0 Å². The molecule has 1 atom stereocenters. The van der Waals surface area contributed by atoms with E-state index in [1.807, 2.05) is 6.92 Å². The first-order valence-corrected chi connectivity index (χ1v) is 2.63. The lowest BCUT2D eigenvalue weighted by Crippen LogP contribution is -1.98. The van der Waals surface area contributed by atoms with Crippen LogP contribution in [0.4, 0.5) is 0 Å². The molecule has 1 saturated heterocycles. The van der Waals surface area contributed by atoms with Crippen LogP contribution in [0.25, 0.3) is 0 Å². The molecule has 0 aromatic carbocycles. The van der Waals surface area contributed by atoms with Gasteiger partial charge in [-0.3, -0.25) is 5.41 Å². The third-order valence-corrected chi connectivity index (χ3v) is 1.17. The van der Waals surface area contributed by atoms with Crippen LogP contribution in [0.15, 0.2) is 12.2 Å². The van der Waals surface area contributed by atoms with Crippen molar-refractivity contribution in [2.45, 2.75) is 19.4 Å². The summed E-state index contributed by atoms with van der Waals surface area (Å²) < 4.78 is 4.96. The van der Waals surface area contributed by atoms with Crippen LogP contribution in [0.1, 0.15) is 13.3 Å². The van der Waals surface area contributed by atoms with Gasteiger partial charge in [0.2, 0.25) is 5.90 Å². The highest BCUT2D eigenvalue weighted by molar-refractivity contribution is 5.92. The van der Waals surface area contributed by atoms with E-state index in [4.69, 9.17) is 10.1 Å². The molecule has 1 unspecified atom stereocenters. The van der Waals surface area contributed by atoms with Crippen LogP contribution < -0.4 is 0 Å². The topological polar surface area (TPSA) is 33.1 Å². The third-order valence-electron chi connectivity index (χ3n) is 1.17. The normalized spacial score (nSPS) is 28.4. The molecular formula is C6H9NO. The minimum absolute atomic E-state index is 0.176. The molecule has 1 heterocycles. The van der Waals surface area contributed by atoms with Gasteiger partial charge in [-0.2, -0.15) is 0 Å². The van der Waals surface area contributed by atoms with Crippen molar-refractivity contribution in [2.75, 3.05) is 0 Å². The highest BCUT2D eigenvalue weighted by Gasteiger charge is 2.19. The molecule has 0 radical (unpaired) electrons. The number of hydrogen-bond donors (Lipinski definition) is 1. The van der Waals surface area contributed by atoms with Crippen molar-refractivity contribution in [3.05, 3.63) is 12.2 Å². The lowest BCUT2D eigenvalue weighted by Gasteiger charge is -1.97. The zero-order valence-corrected chi connectivity index (χ0v) is 4.90. The van der Waals surface area contributed by atoms with Crippen LogP contribution in [0.3, 0.4) is 0 Å². The van der Waals surface area contributed by atoms with E-state index in [1.54, 1.807) is 0 Å². The third kappa shape index (κ3) is 0.735. The van der Waals surface area contributed by atoms with E-state index in [0.717, 1.165) is 12.0 Å². The molecule has 0 aromatic rings. The maximum Gasteiger partial charge on any atom is 0.208 e. The molecule has 0 aliphatic carbocycles. The maximum absolute atomic E-state index is 7.06. The molecule has 0 amide bonds. The van der Waals surface area contributed by atoms with Gasteiger partial charge in [-0.25, -0.2) is 0 Å². The Morgan fingerprint density at radius 2 is 2.50 bits per heavy atom. The summed E-state index contributed by atoms with van der Waals surface area (Å²) in [6, 6.07) is 0. The highest BCUT2D eigenvalue weighted by Crippen LogP contribution is 2.17. The molecule has 0 bridgehead atoms. The van der Waals surface area contributed by atoms with Gasteiger partial charge in [0.25, 0.3) is 0 Å². The quantitative estimate of drug-likeness (QED) is 0.502. The van der Waals surface area contributed by atoms with Crippen LogP contribution in [0, 0.1) is 5.41 Å². The van der Waals surface area contributed by atoms with E-state index >= 15 is 0 Å². The minimum atomic E-state index is 0.176. The average molecular weight is 111 g/mol. The Balaban J connectivity index is 2.64. The van der Waals surface area contributed by atoms with Gasteiger partial charge in [0.1, 0.15) is 6.10 Å². The van der Waals surface area contributed by atoms with E-state index in [1.165, 1.54) is 0 Å². The van der Waals surface area contributed by atoms with Crippen molar-refractivity contribution >= 4 is 5.90 Å². The Labute approximate surface area is 48.7 Å². The second-order valence-corrected chi connectivity index (χ2v) is 2.07. The Morgan fingerprint density at radius 3 is 2.62 bits per heavy atom. The van der Waals surface area contributed by atoms with E-state index in [9.17, 15) is 0 Å². The van der Waals surface area contributed by atoms with Crippen molar-refractivity contribution < 1.29 is 4.74 Å². The Morgan fingerprint density at radius 1 is 1.88 bits per heavy atom. The van der Waals surface area contributed by atoms with Gasteiger partial charge in [-0.1, -0.05) is 6.58 Å². The molecule has 1 aliphatic rings. The SMILES string of the molecule is C=C1CC(C)OC1=N. The fraction of sp³-hybridized carbons (Fsp3) is 0.500. The van der Waals surface area contributed by atoms with Crippen molar-refractivity contribution in [3.63, 3.8) is 0 Å². The summed E-state index contributed by atoms with van der Waals surface area (Å²) in [4.78, 5) is 0. The van der Waals surface area contributed by atoms with Crippen LogP contribution in [0.2, 0.25) is 0 Å². The van der Waals surface area contributed by atoms with E-state index in [0.29, 0.717) is 0 Å². The number of rotatable bonds is 0. The van der Waals surface area contributed by atoms with E-state index in [-0.39, 0.29) is 12.0 Å². The van der Waals surface area contributed by atoms with Gasteiger partial charge in [-0.15, -0.1) is 0 Å². The number of nitrogens with one attached hydrogen (secondary N) is 1. The molecule has 1 fully saturated rings. The summed E-state index contributed by atoms with van der Waals surface area (Å²) in [5.74, 6) is 0.262. The lowest BCUT2D eigenvalue weighted by molar-refractivity contribution is 0.239. The largest absolute Gasteiger partial charge is 0.474 e. The van der Waals surface area contributed by atoms with Crippen LogP contribution in [-0.4, -0.2) is 12.0 Å². The molecule has 2 heteroatoms. The second-order valence-electron chi connectivity index (χ2n) is 2.07. The fourth-order valence-corrected chi connectivity index (χ4v) is 0.766. The Hall–Kier alpha value is -0.790. The first-order valence-electron chi connectivity index (χ1n) is 2.63. The fourth-order valence-electron chi connectivity index (χ4n) is 0.766. The summed E-state index contributed by atoms with van der Waals surface area (Å²) in [5.41, 5.74) is 0.817. The van der Waals surface area contributed by atoms with Crippen LogP contribution in [0.5, 0.6) is 0 Å². The molecule has 1 aliphatic heterocycles. The molecule has 8 heavy (non-hydrogen) atoms. The molecular weight excluding hydrogens is 102 g/mol. The predicted molar refractivity (Wildman–Crippen MR) is 32.0 cm³/mol. The monoisotopic (exact) mass is 111 g/mol. The molecule has 0 aromatic heterocycles. The minimum Gasteiger partial charge on any atom is -0.474 e. The van der Waals surface area contributed by atoms with Crippen LogP contribution in [-0.2, 0) is 4.74 Å². The number of ether oxygens (including phenoxy) is 1. The lowest BCUT2D eigenvalue weighted by atomic mass is 10.2. The van der Waals surface area contributed by atoms with Crippen molar-refractivity contribution in [2.24, 2.45) is 0 Å². The summed E-state index contributed by atoms with van der Waals surface area (Å²) >= 11 is 0. The molecule has 2 nitrogen and oxygen atoms in total. The summed E-state index contributed by atoms with van der Waals surface area (Å²) in [6.45, 7) is 5.57. The second kappa shape index (κ2) is 1.62. The van der Waals surface area contributed by atoms with Crippen molar-refractivity contribution in [1.29, 1.82) is 5.41 Å². The van der Waals surface area contributed by atoms with Crippen molar-refractivity contribution in [3.8, 4) is 0 Å². The predicted octanol–water partition coefficient (Wildman–Crippen LogP) is 1.33. The number of hydrogen-bond acceptors (Lipinski definition) is 2. The van der Waals surface area contributed by atoms with Gasteiger partial charge in [-0.05, 0) is 6.92 Å². The molecule has 0 saturated carbocycles. The average Bonchev–Trinajstić information content (AvgIpc) is 1.85. The summed E-state index contributed by atoms with van der Waals surface area (Å²) in [7, 11) is 0. The molecule has 1 rings (SSSR count). The molecule has 0 spiro atoms. The van der Waals surface area contributed by atoms with Gasteiger partial charge in [0.15, 0.2) is 0 Å². The zero-order valence-electron chi connectivity index (χ0n) is 4.90. The van der Waals surface area contributed by atoms with E-state index in [2.05, 4.69) is 6.58 Å². The van der Waals surface area contributed by atoms with Gasteiger partial charge >= 0.3 is 0 Å². The first kappa shape index (κ1) is 5.35. The highest BCUT2D eigenvalue weighted by atomic mass is 16.5. The molecule has 44 valence electrons. The van der Waals surface area contributed by atoms with Crippen molar-refractivity contribution in [1.82, 2.24) is 0 Å². The van der Waals surface area contributed by atoms with Gasteiger partial charge in [0, 0.05) is 12.0 Å². The summed E-state index contributed by atoms with van der Waals surface area (Å²) in [6.07, 6.45) is 0.994. The Bertz CT molecular complexity index is 123. The zero-order chi connectivity index (χ0) is 6.15. The summed E-state index contributed by atoms with van der Waals surface area (Å²) in [5, 5.41) is 7.06.